The van der Waals surface area contributed by atoms with Gasteiger partial charge in [0, 0.05) is 29.8 Å². The number of halogens is 3. The van der Waals surface area contributed by atoms with Crippen molar-refractivity contribution in [3.8, 4) is 0 Å². The molecule has 1 aliphatic rings. The van der Waals surface area contributed by atoms with Crippen LogP contribution in [0.5, 0.6) is 0 Å². The maximum absolute atomic E-state index is 14.8. The van der Waals surface area contributed by atoms with Gasteiger partial charge >= 0.3 is 0 Å². The zero-order valence-electron chi connectivity index (χ0n) is 17.3. The number of aryl methyl sites for hydroxylation is 1. The van der Waals surface area contributed by atoms with Crippen molar-refractivity contribution in [2.24, 2.45) is 0 Å². The molecule has 1 fully saturated rings. The van der Waals surface area contributed by atoms with E-state index < -0.39 is 23.3 Å². The number of nitrogens with zero attached hydrogens (tertiary/aromatic N) is 3. The molecular formula is C22H23F3N4O. The van der Waals surface area contributed by atoms with Crippen molar-refractivity contribution in [1.29, 1.82) is 0 Å². The summed E-state index contributed by atoms with van der Waals surface area (Å²) in [6.45, 7) is 6.09. The fourth-order valence-electron chi connectivity index (χ4n) is 3.73. The molecule has 0 radical (unpaired) electrons. The van der Waals surface area contributed by atoms with Crippen molar-refractivity contribution >= 4 is 16.7 Å². The van der Waals surface area contributed by atoms with Crippen LogP contribution < -0.4 is 10.9 Å². The van der Waals surface area contributed by atoms with Crippen LogP contribution in [0.1, 0.15) is 56.3 Å². The average molecular weight is 416 g/mol. The molecular weight excluding hydrogens is 393 g/mol. The van der Waals surface area contributed by atoms with E-state index in [0.29, 0.717) is 29.2 Å². The van der Waals surface area contributed by atoms with E-state index in [1.165, 1.54) is 18.5 Å². The van der Waals surface area contributed by atoms with Gasteiger partial charge in [0.1, 0.15) is 18.0 Å². The quantitative estimate of drug-likeness (QED) is 0.634. The first kappa shape index (κ1) is 20.4. The number of hydrogen-bond donors (Lipinski definition) is 1. The third-order valence-corrected chi connectivity index (χ3v) is 5.91. The van der Waals surface area contributed by atoms with E-state index in [2.05, 4.69) is 15.3 Å². The number of pyridine rings is 1. The summed E-state index contributed by atoms with van der Waals surface area (Å²) >= 11 is 0. The molecule has 2 aromatic heterocycles. The number of fused-ring (bicyclic) bond motifs is 1. The van der Waals surface area contributed by atoms with Gasteiger partial charge in [-0.15, -0.1) is 0 Å². The third-order valence-electron chi connectivity index (χ3n) is 5.91. The highest BCUT2D eigenvalue weighted by Crippen LogP contribution is 2.42. The van der Waals surface area contributed by atoms with E-state index in [0.717, 1.165) is 18.9 Å². The lowest BCUT2D eigenvalue weighted by molar-refractivity contribution is 0.0136. The number of benzene rings is 1. The normalized spacial score (nSPS) is 16.5. The second-order valence-electron chi connectivity index (χ2n) is 8.37. The Balaban J connectivity index is 1.78. The van der Waals surface area contributed by atoms with Crippen molar-refractivity contribution in [3.05, 3.63) is 63.6 Å². The molecule has 3 aromatic rings. The molecule has 0 spiro atoms. The van der Waals surface area contributed by atoms with Gasteiger partial charge in [-0.25, -0.2) is 23.1 Å². The summed E-state index contributed by atoms with van der Waals surface area (Å²) in [4.78, 5) is 21.3. The molecule has 158 valence electrons. The Bertz CT molecular complexity index is 1200. The standard InChI is InChI=1S/C22H23F3N4O/c1-12-18-15(10-29(20(12)30)21(3)8-9-21)19(27-11-26-18)28-13(2)14-6-5-7-16(17(14)23)22(4,24)25/h5-7,10-11,13H,8-9H2,1-4H3,(H,26,27,28)/t13-/m0/s1. The van der Waals surface area contributed by atoms with Crippen LogP contribution in [-0.2, 0) is 11.5 Å². The van der Waals surface area contributed by atoms with E-state index in [-0.39, 0.29) is 16.7 Å². The number of alkyl halides is 2. The molecule has 0 aliphatic heterocycles. The van der Waals surface area contributed by atoms with Gasteiger partial charge in [-0.05, 0) is 33.6 Å². The maximum atomic E-state index is 14.8. The highest BCUT2D eigenvalue weighted by molar-refractivity contribution is 5.90. The Labute approximate surface area is 172 Å². The first-order valence-corrected chi connectivity index (χ1v) is 9.83. The molecule has 4 rings (SSSR count). The van der Waals surface area contributed by atoms with Crippen LogP contribution in [-0.4, -0.2) is 14.5 Å². The van der Waals surface area contributed by atoms with Crippen molar-refractivity contribution in [2.75, 3.05) is 5.32 Å². The molecule has 1 aliphatic carbocycles. The topological polar surface area (TPSA) is 59.8 Å². The van der Waals surface area contributed by atoms with E-state index >= 15 is 0 Å². The van der Waals surface area contributed by atoms with E-state index in [1.807, 2.05) is 6.92 Å². The van der Waals surface area contributed by atoms with Crippen LogP contribution in [0.3, 0.4) is 0 Å². The highest BCUT2D eigenvalue weighted by atomic mass is 19.3. The van der Waals surface area contributed by atoms with Crippen molar-refractivity contribution < 1.29 is 13.2 Å². The van der Waals surface area contributed by atoms with Gasteiger partial charge in [-0.3, -0.25) is 4.79 Å². The molecule has 1 aromatic carbocycles. The predicted molar refractivity (Wildman–Crippen MR) is 109 cm³/mol. The molecule has 0 unspecified atom stereocenters. The summed E-state index contributed by atoms with van der Waals surface area (Å²) in [5, 5.41) is 3.75. The summed E-state index contributed by atoms with van der Waals surface area (Å²) in [5.41, 5.74) is 0.177. The minimum atomic E-state index is -3.28. The number of aromatic nitrogens is 3. The largest absolute Gasteiger partial charge is 0.363 e. The Kier molecular flexibility index (Phi) is 4.63. The van der Waals surface area contributed by atoms with Crippen LogP contribution >= 0.6 is 0 Å². The van der Waals surface area contributed by atoms with Crippen molar-refractivity contribution in [1.82, 2.24) is 14.5 Å². The van der Waals surface area contributed by atoms with Crippen LogP contribution in [0.4, 0.5) is 19.0 Å². The van der Waals surface area contributed by atoms with Gasteiger partial charge in [0.05, 0.1) is 22.5 Å². The SMILES string of the molecule is Cc1c(=O)n(C2(C)CC2)cc2c(N[C@@H](C)c3cccc(C(C)(F)F)c3F)ncnc12. The summed E-state index contributed by atoms with van der Waals surface area (Å²) in [7, 11) is 0. The molecule has 0 bridgehead atoms. The van der Waals surface area contributed by atoms with E-state index in [1.54, 1.807) is 24.6 Å². The summed E-state index contributed by atoms with van der Waals surface area (Å²) in [5.74, 6) is -3.81. The Hall–Kier alpha value is -2.90. The molecule has 30 heavy (non-hydrogen) atoms. The van der Waals surface area contributed by atoms with Crippen LogP contribution in [0.25, 0.3) is 10.9 Å². The molecule has 1 atom stereocenters. The van der Waals surface area contributed by atoms with Crippen molar-refractivity contribution in [2.45, 2.75) is 58.0 Å². The second kappa shape index (κ2) is 6.82. The van der Waals surface area contributed by atoms with Gasteiger partial charge in [-0.1, -0.05) is 18.2 Å². The monoisotopic (exact) mass is 416 g/mol. The third kappa shape index (κ3) is 3.34. The molecule has 1 saturated carbocycles. The van der Waals surface area contributed by atoms with Crippen LogP contribution in [0, 0.1) is 12.7 Å². The smallest absolute Gasteiger partial charge is 0.273 e. The number of hydrogen-bond acceptors (Lipinski definition) is 4. The van der Waals surface area contributed by atoms with Gasteiger partial charge in [0.2, 0.25) is 0 Å². The predicted octanol–water partition coefficient (Wildman–Crippen LogP) is 5.03. The molecule has 5 nitrogen and oxygen atoms in total. The summed E-state index contributed by atoms with van der Waals surface area (Å²) in [6.07, 6.45) is 4.89. The molecule has 0 saturated heterocycles. The highest BCUT2D eigenvalue weighted by Gasteiger charge is 2.40. The number of rotatable bonds is 5. The molecule has 0 amide bonds. The summed E-state index contributed by atoms with van der Waals surface area (Å²) in [6, 6.07) is 3.33. The van der Waals surface area contributed by atoms with Gasteiger partial charge < -0.3 is 9.88 Å². The minimum Gasteiger partial charge on any atom is -0.363 e. The average Bonchev–Trinajstić information content (AvgIpc) is 3.42. The number of anilines is 1. The Morgan fingerprint density at radius 2 is 1.97 bits per heavy atom. The lowest BCUT2D eigenvalue weighted by atomic mass is 10.0. The number of nitrogens with one attached hydrogen (secondary N) is 1. The first-order chi connectivity index (χ1) is 14.0. The van der Waals surface area contributed by atoms with Gasteiger partial charge in [0.15, 0.2) is 0 Å². The van der Waals surface area contributed by atoms with Crippen LogP contribution in [0.2, 0.25) is 0 Å². The summed E-state index contributed by atoms with van der Waals surface area (Å²) < 4.78 is 43.9. The zero-order chi connectivity index (χ0) is 21.8. The van der Waals surface area contributed by atoms with Gasteiger partial charge in [-0.2, -0.15) is 0 Å². The zero-order valence-corrected chi connectivity index (χ0v) is 17.3. The maximum Gasteiger partial charge on any atom is 0.273 e. The second-order valence-corrected chi connectivity index (χ2v) is 8.37. The Morgan fingerprint density at radius 3 is 2.60 bits per heavy atom. The fourth-order valence-corrected chi connectivity index (χ4v) is 3.73. The lowest BCUT2D eigenvalue weighted by Gasteiger charge is -2.21. The fraction of sp³-hybridized carbons (Fsp3) is 0.409. The molecule has 8 heteroatoms. The minimum absolute atomic E-state index is 0.0934. The molecule has 2 heterocycles. The lowest BCUT2D eigenvalue weighted by Crippen LogP contribution is -2.29. The van der Waals surface area contributed by atoms with Gasteiger partial charge in [0.25, 0.3) is 11.5 Å². The molecule has 1 N–H and O–H groups in total. The van der Waals surface area contributed by atoms with E-state index in [4.69, 9.17) is 0 Å². The van der Waals surface area contributed by atoms with Crippen LogP contribution in [0.15, 0.2) is 35.5 Å². The van der Waals surface area contributed by atoms with E-state index in [9.17, 15) is 18.0 Å². The Morgan fingerprint density at radius 1 is 1.27 bits per heavy atom. The first-order valence-electron chi connectivity index (χ1n) is 9.83. The van der Waals surface area contributed by atoms with Crippen molar-refractivity contribution in [3.63, 3.8) is 0 Å².